The second-order valence-corrected chi connectivity index (χ2v) is 17.4. The molecule has 10 fully saturated rings. The number of ketones is 1. The second-order valence-electron chi connectivity index (χ2n) is 17.4. The predicted octanol–water partition coefficient (Wildman–Crippen LogP) is 3.44. The van der Waals surface area contributed by atoms with Crippen molar-refractivity contribution in [3.05, 3.63) is 24.3 Å². The van der Waals surface area contributed by atoms with Crippen LogP contribution < -0.4 is 5.73 Å². The molecule has 12 heteroatoms. The van der Waals surface area contributed by atoms with Crippen molar-refractivity contribution >= 4 is 5.78 Å². The van der Waals surface area contributed by atoms with Crippen LogP contribution in [-0.2, 0) is 47.4 Å². The van der Waals surface area contributed by atoms with E-state index in [1.807, 2.05) is 0 Å². The van der Waals surface area contributed by atoms with Crippen LogP contribution in [0, 0.1) is 11.8 Å². The number of hydrogen-bond acceptors (Lipinski definition) is 12. The maximum absolute atomic E-state index is 14.1. The van der Waals surface area contributed by atoms with E-state index in [0.29, 0.717) is 25.7 Å². The van der Waals surface area contributed by atoms with E-state index in [1.54, 1.807) is 7.11 Å². The third-order valence-electron chi connectivity index (χ3n) is 14.0. The largest absolute Gasteiger partial charge is 0.392 e. The van der Waals surface area contributed by atoms with Gasteiger partial charge in [-0.15, -0.1) is 0 Å². The van der Waals surface area contributed by atoms with Crippen molar-refractivity contribution < 1.29 is 52.5 Å². The third-order valence-corrected chi connectivity index (χ3v) is 14.0. The van der Waals surface area contributed by atoms with Crippen LogP contribution in [0.2, 0.25) is 0 Å². The van der Waals surface area contributed by atoms with Crippen molar-refractivity contribution in [3.63, 3.8) is 0 Å². The van der Waals surface area contributed by atoms with E-state index in [-0.39, 0.29) is 122 Å². The van der Waals surface area contributed by atoms with Gasteiger partial charge in [0.25, 0.3) is 0 Å². The van der Waals surface area contributed by atoms with Gasteiger partial charge in [-0.05, 0) is 62.0 Å². The fourth-order valence-corrected chi connectivity index (χ4v) is 11.3. The van der Waals surface area contributed by atoms with Gasteiger partial charge in [-0.3, -0.25) is 4.79 Å². The Morgan fingerprint density at radius 1 is 0.808 bits per heavy atom. The second kappa shape index (κ2) is 14.3. The van der Waals surface area contributed by atoms with Crippen LogP contribution in [0.5, 0.6) is 0 Å². The molecule has 0 amide bonds. The lowest BCUT2D eigenvalue weighted by Gasteiger charge is -2.47. The molecular weight excluding hydrogens is 670 g/mol. The van der Waals surface area contributed by atoms with Crippen LogP contribution in [0.4, 0.5) is 0 Å². The SMILES string of the molecule is C=C1CC2CC[C@@]34C[C@H]5OC6C(O3)[C@H]3OC(CCC3O[C@H]6C5O4)CC(=O)CC3C(CC4OC(CCC1O2)C[C@@H](C)C4=C)OC(CC(O)CN)[C@@H]3OC. The number of fused-ring (bicyclic) bond motifs is 6. The minimum Gasteiger partial charge on any atom is -0.392 e. The van der Waals surface area contributed by atoms with Crippen molar-refractivity contribution in [2.45, 2.75) is 194 Å². The molecule has 12 bridgehead atoms. The number of ether oxygens (including phenoxy) is 9. The highest BCUT2D eigenvalue weighted by atomic mass is 16.8. The monoisotopic (exact) mass is 729 g/mol. The maximum atomic E-state index is 14.1. The molecule has 3 N–H and O–H groups in total. The average Bonchev–Trinajstić information content (AvgIpc) is 3.79. The van der Waals surface area contributed by atoms with Crippen LogP contribution >= 0.6 is 0 Å². The van der Waals surface area contributed by atoms with Gasteiger partial charge in [0, 0.05) is 58.1 Å². The quantitative estimate of drug-likeness (QED) is 0.409. The zero-order valence-corrected chi connectivity index (χ0v) is 30.8. The average molecular weight is 730 g/mol. The summed E-state index contributed by atoms with van der Waals surface area (Å²) in [6.07, 6.45) is 4.85. The molecule has 52 heavy (non-hydrogen) atoms. The normalized spacial score (nSPS) is 52.4. The molecule has 0 aromatic rings. The van der Waals surface area contributed by atoms with E-state index < -0.39 is 18.0 Å². The van der Waals surface area contributed by atoms with E-state index in [1.165, 1.54) is 0 Å². The van der Waals surface area contributed by atoms with E-state index in [9.17, 15) is 9.90 Å². The van der Waals surface area contributed by atoms with E-state index in [2.05, 4.69) is 20.1 Å². The minimum atomic E-state index is -0.780. The molecule has 0 radical (unpaired) electrons. The lowest BCUT2D eigenvalue weighted by molar-refractivity contribution is -0.292. The van der Waals surface area contributed by atoms with Crippen LogP contribution in [0.1, 0.15) is 90.4 Å². The zero-order valence-electron chi connectivity index (χ0n) is 30.8. The number of hydrogen-bond donors (Lipinski definition) is 2. The Bertz CT molecular complexity index is 1380. The van der Waals surface area contributed by atoms with Gasteiger partial charge in [-0.2, -0.15) is 0 Å². The summed E-state index contributed by atoms with van der Waals surface area (Å²) >= 11 is 0. The topological polar surface area (TPSA) is 146 Å². The molecule has 1 spiro atoms. The molecule has 0 aliphatic carbocycles. The summed E-state index contributed by atoms with van der Waals surface area (Å²) in [5, 5.41) is 10.5. The Labute approximate surface area is 307 Å². The van der Waals surface area contributed by atoms with Gasteiger partial charge in [-0.1, -0.05) is 20.1 Å². The molecule has 0 saturated carbocycles. The van der Waals surface area contributed by atoms with Gasteiger partial charge in [0.2, 0.25) is 0 Å². The molecule has 13 unspecified atom stereocenters. The lowest BCUT2D eigenvalue weighted by atomic mass is 9.81. The number of carbonyl (C=O) groups is 1. The van der Waals surface area contributed by atoms with Crippen LogP contribution in [0.25, 0.3) is 0 Å². The maximum Gasteiger partial charge on any atom is 0.172 e. The van der Waals surface area contributed by atoms with E-state index in [4.69, 9.17) is 48.4 Å². The first kappa shape index (κ1) is 36.4. The van der Waals surface area contributed by atoms with Crippen molar-refractivity contribution in [2.24, 2.45) is 17.6 Å². The van der Waals surface area contributed by atoms with E-state index in [0.717, 1.165) is 56.1 Å². The van der Waals surface area contributed by atoms with Crippen LogP contribution in [-0.4, -0.2) is 128 Å². The third kappa shape index (κ3) is 6.59. The molecule has 10 aliphatic rings. The number of aliphatic hydroxyl groups excluding tert-OH is 1. The number of aliphatic hydroxyl groups is 1. The van der Waals surface area contributed by atoms with Gasteiger partial charge in [0.05, 0.1) is 67.1 Å². The van der Waals surface area contributed by atoms with Gasteiger partial charge < -0.3 is 53.5 Å². The first-order valence-corrected chi connectivity index (χ1v) is 20.2. The molecule has 0 aromatic heterocycles. The minimum absolute atomic E-state index is 0.0158. The summed E-state index contributed by atoms with van der Waals surface area (Å²) in [5.74, 6) is -0.619. The predicted molar refractivity (Wildman–Crippen MR) is 186 cm³/mol. The molecule has 10 heterocycles. The number of nitrogens with two attached hydrogens (primary N) is 1. The summed E-state index contributed by atoms with van der Waals surface area (Å²) in [6, 6.07) is 0. The zero-order chi connectivity index (χ0) is 35.9. The van der Waals surface area contributed by atoms with Crippen molar-refractivity contribution in [1.29, 1.82) is 0 Å². The summed E-state index contributed by atoms with van der Waals surface area (Å²) in [4.78, 5) is 14.1. The van der Waals surface area contributed by atoms with Crippen molar-refractivity contribution in [1.82, 2.24) is 0 Å². The van der Waals surface area contributed by atoms with Gasteiger partial charge in [0.1, 0.15) is 36.3 Å². The smallest absolute Gasteiger partial charge is 0.172 e. The Balaban J connectivity index is 0.994. The molecular formula is C40H59NO11. The lowest BCUT2D eigenvalue weighted by Crippen LogP contribution is -2.61. The molecule has 12 nitrogen and oxygen atoms in total. The highest BCUT2D eigenvalue weighted by Crippen LogP contribution is 2.54. The molecule has 10 aliphatic heterocycles. The Hall–Kier alpha value is -1.29. The standard InChI is InChI=1S/C40H59NO11/c1-19-11-24-5-7-28-20(2)12-26(45-28)9-10-40-17-33-36(51-40)37-38(50-33)39(52-40)35-29(49-37)8-6-25(47-35)13-22(42)14-27-31(16-30(46-24)21(19)3)48-32(34(27)44-4)15-23(43)18-41/h19,23-39,43H,2-3,5-18,41H2,1,4H3/t19-,23?,24?,25?,26?,27?,28?,29?,30?,31?,32?,33-,34-,35+,36?,37+,38?,39?,40+/m1/s1. The highest BCUT2D eigenvalue weighted by molar-refractivity contribution is 5.79. The fraction of sp³-hybridized carbons (Fsp3) is 0.875. The van der Waals surface area contributed by atoms with Crippen LogP contribution in [0.15, 0.2) is 24.3 Å². The summed E-state index contributed by atoms with van der Waals surface area (Å²) < 4.78 is 60.0. The van der Waals surface area contributed by atoms with Gasteiger partial charge >= 0.3 is 0 Å². The van der Waals surface area contributed by atoms with Gasteiger partial charge in [0.15, 0.2) is 5.79 Å². The van der Waals surface area contributed by atoms with Crippen molar-refractivity contribution in [3.8, 4) is 0 Å². The Morgan fingerprint density at radius 2 is 1.56 bits per heavy atom. The first-order valence-electron chi connectivity index (χ1n) is 20.2. The Morgan fingerprint density at radius 3 is 2.38 bits per heavy atom. The first-order chi connectivity index (χ1) is 25.1. The summed E-state index contributed by atoms with van der Waals surface area (Å²) in [6.45, 7) is 11.3. The molecule has 10 rings (SSSR count). The van der Waals surface area contributed by atoms with Gasteiger partial charge in [-0.25, -0.2) is 0 Å². The highest BCUT2D eigenvalue weighted by Gasteiger charge is 2.68. The van der Waals surface area contributed by atoms with Crippen LogP contribution in [0.3, 0.4) is 0 Å². The van der Waals surface area contributed by atoms with Crippen molar-refractivity contribution in [2.75, 3.05) is 13.7 Å². The number of carbonyl (C=O) groups excluding carboxylic acids is 1. The molecule has 19 atom stereocenters. The molecule has 290 valence electrons. The number of methoxy groups -OCH3 is 1. The van der Waals surface area contributed by atoms with E-state index >= 15 is 0 Å². The fourth-order valence-electron chi connectivity index (χ4n) is 11.3. The molecule has 0 aromatic carbocycles. The Kier molecular flexibility index (Phi) is 10.0. The number of rotatable bonds is 4. The summed E-state index contributed by atoms with van der Waals surface area (Å²) in [5.41, 5.74) is 8.01. The summed E-state index contributed by atoms with van der Waals surface area (Å²) in [7, 11) is 1.66. The molecule has 10 saturated heterocycles. The number of Topliss-reactive ketones (excluding diaryl/α,β-unsaturated/α-hetero) is 1.